The average Bonchev–Trinajstić information content (AvgIpc) is 2.25. The average molecular weight is 312 g/mol. The Morgan fingerprint density at radius 2 is 2.06 bits per heavy atom. The summed E-state index contributed by atoms with van der Waals surface area (Å²) < 4.78 is 0.857. The largest absolute Gasteiger partial charge is 0.481 e. The van der Waals surface area contributed by atoms with E-state index in [1.165, 1.54) is 0 Å². The van der Waals surface area contributed by atoms with Crippen LogP contribution in [-0.2, 0) is 4.79 Å². The van der Waals surface area contributed by atoms with Gasteiger partial charge in [-0.25, -0.2) is 0 Å². The molecule has 5 heteroatoms. The summed E-state index contributed by atoms with van der Waals surface area (Å²) in [6.45, 7) is 1.88. The number of nitrogens with one attached hydrogen (secondary N) is 1. The van der Waals surface area contributed by atoms with Crippen LogP contribution in [0.4, 0.5) is 0 Å². The Hall–Kier alpha value is -1.36. The Balaban J connectivity index is 1.97. The lowest BCUT2D eigenvalue weighted by Crippen LogP contribution is -2.46. The minimum Gasteiger partial charge on any atom is -0.481 e. The predicted octanol–water partition coefficient (Wildman–Crippen LogP) is 2.35. The summed E-state index contributed by atoms with van der Waals surface area (Å²) >= 11 is 3.33. The molecule has 0 bridgehead atoms. The summed E-state index contributed by atoms with van der Waals surface area (Å²) in [7, 11) is 0. The molecule has 0 saturated heterocycles. The lowest BCUT2D eigenvalue weighted by molar-refractivity contribution is -0.145. The molecular weight excluding hydrogens is 298 g/mol. The third-order valence-electron chi connectivity index (χ3n) is 3.27. The summed E-state index contributed by atoms with van der Waals surface area (Å²) in [6.07, 6.45) is 1.04. The minimum atomic E-state index is -0.779. The van der Waals surface area contributed by atoms with Gasteiger partial charge < -0.3 is 10.4 Å². The highest BCUT2D eigenvalue weighted by Gasteiger charge is 2.35. The molecule has 1 aliphatic carbocycles. The highest BCUT2D eigenvalue weighted by atomic mass is 79.9. The number of halogens is 1. The highest BCUT2D eigenvalue weighted by molar-refractivity contribution is 9.10. The van der Waals surface area contributed by atoms with E-state index in [0.29, 0.717) is 18.4 Å². The van der Waals surface area contributed by atoms with E-state index >= 15 is 0 Å². The maximum atomic E-state index is 12.0. The van der Waals surface area contributed by atoms with Crippen LogP contribution in [0.15, 0.2) is 22.7 Å². The van der Waals surface area contributed by atoms with Gasteiger partial charge in [-0.1, -0.05) is 22.0 Å². The third-order valence-corrected chi connectivity index (χ3v) is 3.76. The van der Waals surface area contributed by atoms with Gasteiger partial charge in [-0.05, 0) is 37.5 Å². The number of amides is 1. The highest BCUT2D eigenvalue weighted by Crippen LogP contribution is 2.28. The zero-order chi connectivity index (χ0) is 13.3. The number of carbonyl (C=O) groups is 2. The number of carbonyl (C=O) groups excluding carboxylic acids is 1. The second-order valence-electron chi connectivity index (χ2n) is 4.64. The van der Waals surface area contributed by atoms with Crippen molar-refractivity contribution in [3.05, 3.63) is 33.8 Å². The zero-order valence-electron chi connectivity index (χ0n) is 9.94. The first kappa shape index (κ1) is 13.1. The van der Waals surface area contributed by atoms with Gasteiger partial charge in [-0.15, -0.1) is 0 Å². The molecule has 1 aromatic rings. The molecule has 0 spiro atoms. The monoisotopic (exact) mass is 311 g/mol. The fourth-order valence-corrected chi connectivity index (χ4v) is 2.40. The van der Waals surface area contributed by atoms with E-state index in [4.69, 9.17) is 5.11 Å². The summed E-state index contributed by atoms with van der Waals surface area (Å²) in [4.78, 5) is 22.7. The van der Waals surface area contributed by atoms with Crippen molar-refractivity contribution in [3.8, 4) is 0 Å². The third kappa shape index (κ3) is 2.72. The van der Waals surface area contributed by atoms with Crippen LogP contribution < -0.4 is 5.32 Å². The first-order valence-corrected chi connectivity index (χ1v) is 6.56. The van der Waals surface area contributed by atoms with Crippen LogP contribution in [0.5, 0.6) is 0 Å². The summed E-state index contributed by atoms with van der Waals surface area (Å²) in [5.41, 5.74) is 1.54. The van der Waals surface area contributed by atoms with Gasteiger partial charge in [-0.2, -0.15) is 0 Å². The van der Waals surface area contributed by atoms with Gasteiger partial charge in [0, 0.05) is 16.1 Å². The molecule has 0 aromatic heterocycles. The van der Waals surface area contributed by atoms with E-state index in [1.54, 1.807) is 6.07 Å². The first-order valence-electron chi connectivity index (χ1n) is 5.77. The van der Waals surface area contributed by atoms with Crippen molar-refractivity contribution in [2.75, 3.05) is 0 Å². The van der Waals surface area contributed by atoms with Crippen LogP contribution in [0.2, 0.25) is 0 Å². The Bertz CT molecular complexity index is 495. The molecule has 1 amide bonds. The number of hydrogen-bond donors (Lipinski definition) is 2. The SMILES string of the molecule is Cc1ccc(Br)cc1C(=O)NC1CC(C(=O)O)C1. The number of aryl methyl sites for hydroxylation is 1. The summed E-state index contributed by atoms with van der Waals surface area (Å²) in [5, 5.41) is 11.6. The minimum absolute atomic E-state index is 0.0167. The lowest BCUT2D eigenvalue weighted by Gasteiger charge is -2.32. The Morgan fingerprint density at radius 3 is 2.67 bits per heavy atom. The van der Waals surface area contributed by atoms with Gasteiger partial charge in [0.05, 0.1) is 5.92 Å². The van der Waals surface area contributed by atoms with Crippen molar-refractivity contribution in [1.82, 2.24) is 5.32 Å². The van der Waals surface area contributed by atoms with E-state index in [0.717, 1.165) is 10.0 Å². The molecule has 0 unspecified atom stereocenters. The van der Waals surface area contributed by atoms with Crippen LogP contribution in [0.3, 0.4) is 0 Å². The molecule has 0 atom stereocenters. The van der Waals surface area contributed by atoms with Crippen molar-refractivity contribution < 1.29 is 14.7 Å². The lowest BCUT2D eigenvalue weighted by atomic mass is 9.80. The molecule has 2 N–H and O–H groups in total. The smallest absolute Gasteiger partial charge is 0.306 e. The second kappa shape index (κ2) is 5.10. The molecule has 1 saturated carbocycles. The van der Waals surface area contributed by atoms with E-state index in [9.17, 15) is 9.59 Å². The zero-order valence-corrected chi connectivity index (χ0v) is 11.5. The van der Waals surface area contributed by atoms with Crippen molar-refractivity contribution in [3.63, 3.8) is 0 Å². The molecule has 4 nitrogen and oxygen atoms in total. The fourth-order valence-electron chi connectivity index (χ4n) is 2.04. The molecule has 18 heavy (non-hydrogen) atoms. The normalized spacial score (nSPS) is 22.1. The molecule has 1 aliphatic rings. The van der Waals surface area contributed by atoms with Gasteiger partial charge >= 0.3 is 5.97 Å². The summed E-state index contributed by atoms with van der Waals surface area (Å²) in [6, 6.07) is 5.52. The Kier molecular flexibility index (Phi) is 3.71. The Labute approximate surface area is 114 Å². The maximum Gasteiger partial charge on any atom is 0.306 e. The number of carboxylic acid groups (broad SMARTS) is 1. The van der Waals surface area contributed by atoms with Crippen molar-refractivity contribution >= 4 is 27.8 Å². The van der Waals surface area contributed by atoms with Crippen molar-refractivity contribution in [2.45, 2.75) is 25.8 Å². The van der Waals surface area contributed by atoms with E-state index < -0.39 is 5.97 Å². The van der Waals surface area contributed by atoms with Crippen LogP contribution in [0.25, 0.3) is 0 Å². The topological polar surface area (TPSA) is 66.4 Å². The van der Waals surface area contributed by atoms with E-state index in [1.807, 2.05) is 19.1 Å². The van der Waals surface area contributed by atoms with Gasteiger partial charge in [0.1, 0.15) is 0 Å². The van der Waals surface area contributed by atoms with E-state index in [2.05, 4.69) is 21.2 Å². The van der Waals surface area contributed by atoms with Gasteiger partial charge in [-0.3, -0.25) is 9.59 Å². The number of hydrogen-bond acceptors (Lipinski definition) is 2. The van der Waals surface area contributed by atoms with Crippen LogP contribution >= 0.6 is 15.9 Å². The van der Waals surface area contributed by atoms with E-state index in [-0.39, 0.29) is 17.9 Å². The maximum absolute atomic E-state index is 12.0. The van der Waals surface area contributed by atoms with Crippen molar-refractivity contribution in [1.29, 1.82) is 0 Å². The molecule has 1 aromatic carbocycles. The van der Waals surface area contributed by atoms with Gasteiger partial charge in [0.25, 0.3) is 5.91 Å². The Morgan fingerprint density at radius 1 is 1.39 bits per heavy atom. The molecule has 2 rings (SSSR count). The first-order chi connectivity index (χ1) is 8.47. The number of benzene rings is 1. The van der Waals surface area contributed by atoms with Crippen LogP contribution in [0.1, 0.15) is 28.8 Å². The van der Waals surface area contributed by atoms with Gasteiger partial charge in [0.15, 0.2) is 0 Å². The molecule has 0 heterocycles. The second-order valence-corrected chi connectivity index (χ2v) is 5.55. The summed E-state index contributed by atoms with van der Waals surface area (Å²) in [5.74, 6) is -1.22. The molecular formula is C13H14BrNO3. The fraction of sp³-hybridized carbons (Fsp3) is 0.385. The van der Waals surface area contributed by atoms with Gasteiger partial charge in [0.2, 0.25) is 0 Å². The van der Waals surface area contributed by atoms with Crippen LogP contribution in [-0.4, -0.2) is 23.0 Å². The number of aliphatic carboxylic acids is 1. The quantitative estimate of drug-likeness (QED) is 0.900. The van der Waals surface area contributed by atoms with Crippen LogP contribution in [0, 0.1) is 12.8 Å². The molecule has 96 valence electrons. The number of rotatable bonds is 3. The number of carboxylic acids is 1. The van der Waals surface area contributed by atoms with Crippen molar-refractivity contribution in [2.24, 2.45) is 5.92 Å². The molecule has 1 fully saturated rings. The standard InChI is InChI=1S/C13H14BrNO3/c1-7-2-3-9(14)6-11(7)12(16)15-10-4-8(5-10)13(17)18/h2-3,6,8,10H,4-5H2,1H3,(H,15,16)(H,17,18). The predicted molar refractivity (Wildman–Crippen MR) is 70.5 cm³/mol. The molecule has 0 aliphatic heterocycles. The molecule has 0 radical (unpaired) electrons.